The van der Waals surface area contributed by atoms with Crippen LogP contribution in [0.25, 0.3) is 0 Å². The summed E-state index contributed by atoms with van der Waals surface area (Å²) in [5, 5.41) is 27.1. The van der Waals surface area contributed by atoms with E-state index in [-0.39, 0.29) is 35.1 Å². The molecule has 4 aliphatic heterocycles. The SMILES string of the molecule is O=C(C[C@H]1N(CC2CC2)[C@@]23CC[C@]1(O)[C@@H]1Oc4c(O)ccc5c4[C@]12CCN(CC1CC1)[C@@H]3C5)NCc1ccccc1. The van der Waals surface area contributed by atoms with Gasteiger partial charge in [-0.1, -0.05) is 36.4 Å². The Kier molecular flexibility index (Phi) is 5.16. The van der Waals surface area contributed by atoms with Gasteiger partial charge in [0, 0.05) is 37.7 Å². The summed E-state index contributed by atoms with van der Waals surface area (Å²) in [6, 6.07) is 14.0. The van der Waals surface area contributed by atoms with Crippen molar-refractivity contribution in [2.24, 2.45) is 11.8 Å². The molecule has 3 saturated carbocycles. The fraction of sp³-hybridized carbons (Fsp3) is 0.618. The maximum absolute atomic E-state index is 13.6. The first-order valence-electron chi connectivity index (χ1n) is 16.0. The molecule has 7 nitrogen and oxygen atoms in total. The topological polar surface area (TPSA) is 85.3 Å². The van der Waals surface area contributed by atoms with Gasteiger partial charge in [-0.05, 0) is 86.9 Å². The number of fused-ring (bicyclic) bond motifs is 2. The minimum atomic E-state index is -1.16. The summed E-state index contributed by atoms with van der Waals surface area (Å²) in [4.78, 5) is 19.1. The van der Waals surface area contributed by atoms with Crippen LogP contribution in [0.5, 0.6) is 11.5 Å². The number of amides is 1. The number of ether oxygens (including phenoxy) is 1. The van der Waals surface area contributed by atoms with Gasteiger partial charge in [0.15, 0.2) is 11.5 Å². The number of nitrogens with one attached hydrogen (secondary N) is 1. The number of aliphatic hydroxyl groups is 1. The number of likely N-dealkylation sites (tertiary alicyclic amines) is 1. The van der Waals surface area contributed by atoms with E-state index in [4.69, 9.17) is 4.74 Å². The van der Waals surface area contributed by atoms with Crippen molar-refractivity contribution in [3.63, 3.8) is 0 Å². The van der Waals surface area contributed by atoms with Gasteiger partial charge in [-0.15, -0.1) is 0 Å². The summed E-state index contributed by atoms with van der Waals surface area (Å²) in [6.45, 7) is 3.58. The standard InChI is InChI=1S/C34H41N3O4/c38-25-11-10-24-16-27-34-13-12-33(40,31-32(34,29(24)30(25)41-31)14-15-36(27)19-22-6-7-22)26(37(34)20-23-8-9-23)17-28(39)35-18-21-4-2-1-3-5-21/h1-5,10-11,22-23,26-27,31,38,40H,6-9,12-20H2,(H,35,39)/t26-,27-,31-,32-,33-,34-/m1/s1. The van der Waals surface area contributed by atoms with Gasteiger partial charge >= 0.3 is 0 Å². The molecule has 4 aliphatic carbocycles. The number of phenolic OH excluding ortho intramolecular Hbond substituents is 1. The molecule has 0 radical (unpaired) electrons. The third kappa shape index (κ3) is 3.29. The van der Waals surface area contributed by atoms with Crippen LogP contribution in [0.1, 0.15) is 68.1 Å². The monoisotopic (exact) mass is 555 g/mol. The Morgan fingerprint density at radius 2 is 1.78 bits per heavy atom. The molecule has 2 aromatic rings. The summed E-state index contributed by atoms with van der Waals surface area (Å²) in [5.74, 6) is 2.21. The van der Waals surface area contributed by atoms with Crippen LogP contribution < -0.4 is 10.1 Å². The smallest absolute Gasteiger partial charge is 0.221 e. The quantitative estimate of drug-likeness (QED) is 0.463. The molecule has 2 aromatic carbocycles. The number of hydrogen-bond donors (Lipinski definition) is 3. The van der Waals surface area contributed by atoms with E-state index in [2.05, 4.69) is 21.2 Å². The molecular weight excluding hydrogens is 514 g/mol. The highest BCUT2D eigenvalue weighted by Gasteiger charge is 2.82. The zero-order valence-electron chi connectivity index (χ0n) is 23.7. The molecule has 3 saturated heterocycles. The third-order valence-electron chi connectivity index (χ3n) is 12.2. The van der Waals surface area contributed by atoms with E-state index >= 15 is 0 Å². The van der Waals surface area contributed by atoms with E-state index in [1.807, 2.05) is 30.3 Å². The molecule has 7 heteroatoms. The van der Waals surface area contributed by atoms with Crippen molar-refractivity contribution in [2.75, 3.05) is 19.6 Å². The van der Waals surface area contributed by atoms with Gasteiger partial charge in [0.2, 0.25) is 5.91 Å². The molecule has 0 aromatic heterocycles. The van der Waals surface area contributed by atoms with E-state index in [0.717, 1.165) is 50.4 Å². The molecule has 4 bridgehead atoms. The molecule has 8 aliphatic rings. The van der Waals surface area contributed by atoms with Gasteiger partial charge in [0.05, 0.1) is 17.0 Å². The van der Waals surface area contributed by atoms with Crippen LogP contribution in [0.4, 0.5) is 0 Å². The Morgan fingerprint density at radius 1 is 1.00 bits per heavy atom. The molecule has 10 rings (SSSR count). The Hall–Kier alpha value is -2.61. The summed E-state index contributed by atoms with van der Waals surface area (Å²) in [6.07, 6.45) is 8.36. The molecule has 6 fully saturated rings. The lowest BCUT2D eigenvalue weighted by Gasteiger charge is -2.77. The van der Waals surface area contributed by atoms with Crippen LogP contribution in [0.2, 0.25) is 0 Å². The van der Waals surface area contributed by atoms with E-state index in [9.17, 15) is 15.0 Å². The van der Waals surface area contributed by atoms with Crippen molar-refractivity contribution in [1.29, 1.82) is 0 Å². The van der Waals surface area contributed by atoms with Crippen molar-refractivity contribution in [1.82, 2.24) is 15.1 Å². The van der Waals surface area contributed by atoms with Crippen molar-refractivity contribution in [2.45, 2.75) is 99.1 Å². The molecule has 3 N–H and O–H groups in total. The Balaban J connectivity index is 1.16. The van der Waals surface area contributed by atoms with E-state index in [0.29, 0.717) is 30.7 Å². The summed E-state index contributed by atoms with van der Waals surface area (Å²) in [5.41, 5.74) is 1.80. The Labute approximate surface area is 241 Å². The van der Waals surface area contributed by atoms with Gasteiger partial charge in [0.1, 0.15) is 11.7 Å². The van der Waals surface area contributed by atoms with E-state index in [1.165, 1.54) is 36.8 Å². The van der Waals surface area contributed by atoms with Crippen LogP contribution in [0.3, 0.4) is 0 Å². The third-order valence-corrected chi connectivity index (χ3v) is 12.2. The molecule has 2 spiro atoms. The molecule has 1 amide bonds. The normalized spacial score (nSPS) is 38.4. The van der Waals surface area contributed by atoms with Gasteiger partial charge in [0.25, 0.3) is 0 Å². The van der Waals surface area contributed by atoms with Crippen LogP contribution in [-0.2, 0) is 23.2 Å². The number of hydrogen-bond acceptors (Lipinski definition) is 6. The first kappa shape index (κ1) is 24.9. The van der Waals surface area contributed by atoms with Crippen LogP contribution in [0, 0.1) is 11.8 Å². The number of aromatic hydroxyl groups is 1. The summed E-state index contributed by atoms with van der Waals surface area (Å²) < 4.78 is 6.80. The summed E-state index contributed by atoms with van der Waals surface area (Å²) >= 11 is 0. The lowest BCUT2D eigenvalue weighted by Crippen LogP contribution is -2.91. The first-order valence-corrected chi connectivity index (χ1v) is 16.0. The fourth-order valence-corrected chi connectivity index (χ4v) is 10.2. The van der Waals surface area contributed by atoms with Crippen LogP contribution in [0.15, 0.2) is 42.5 Å². The average Bonchev–Trinajstić information content (AvgIpc) is 3.91. The first-order chi connectivity index (χ1) is 19.9. The second-order valence-corrected chi connectivity index (χ2v) is 14.3. The van der Waals surface area contributed by atoms with Crippen molar-refractivity contribution < 1.29 is 19.7 Å². The second-order valence-electron chi connectivity index (χ2n) is 14.3. The average molecular weight is 556 g/mol. The minimum absolute atomic E-state index is 0.0130. The number of carbonyl (C=O) groups excluding carboxylic acids is 1. The van der Waals surface area contributed by atoms with Crippen LogP contribution >= 0.6 is 0 Å². The van der Waals surface area contributed by atoms with Crippen molar-refractivity contribution in [3.8, 4) is 11.5 Å². The summed E-state index contributed by atoms with van der Waals surface area (Å²) in [7, 11) is 0. The second kappa shape index (κ2) is 8.48. The number of piperidine rings is 3. The van der Waals surface area contributed by atoms with Gasteiger partial charge in [-0.2, -0.15) is 0 Å². The van der Waals surface area contributed by atoms with Gasteiger partial charge in [-0.3, -0.25) is 14.6 Å². The molecule has 216 valence electrons. The largest absolute Gasteiger partial charge is 0.504 e. The molecular formula is C34H41N3O4. The molecule has 41 heavy (non-hydrogen) atoms. The van der Waals surface area contributed by atoms with Crippen molar-refractivity contribution in [3.05, 3.63) is 59.2 Å². The molecule has 0 unspecified atom stereocenters. The Bertz CT molecular complexity index is 1410. The fourth-order valence-electron chi connectivity index (χ4n) is 10.2. The minimum Gasteiger partial charge on any atom is -0.504 e. The maximum atomic E-state index is 13.6. The number of phenols is 1. The number of benzene rings is 2. The van der Waals surface area contributed by atoms with Gasteiger partial charge in [-0.25, -0.2) is 0 Å². The van der Waals surface area contributed by atoms with Gasteiger partial charge < -0.3 is 20.3 Å². The predicted octanol–water partition coefficient (Wildman–Crippen LogP) is 3.50. The Morgan fingerprint density at radius 3 is 2.56 bits per heavy atom. The van der Waals surface area contributed by atoms with Crippen molar-refractivity contribution >= 4 is 5.91 Å². The van der Waals surface area contributed by atoms with E-state index < -0.39 is 11.7 Å². The molecule has 6 atom stereocenters. The zero-order chi connectivity index (χ0) is 27.6. The van der Waals surface area contributed by atoms with E-state index in [1.54, 1.807) is 6.07 Å². The number of carbonyl (C=O) groups is 1. The predicted molar refractivity (Wildman–Crippen MR) is 154 cm³/mol. The zero-order valence-corrected chi connectivity index (χ0v) is 23.7. The number of nitrogens with zero attached hydrogens (tertiary/aromatic N) is 2. The highest BCUT2D eigenvalue weighted by molar-refractivity contribution is 5.77. The lowest BCUT2D eigenvalue weighted by atomic mass is 9.40. The number of rotatable bonds is 8. The molecule has 4 heterocycles. The highest BCUT2D eigenvalue weighted by Crippen LogP contribution is 2.72. The maximum Gasteiger partial charge on any atom is 0.221 e. The highest BCUT2D eigenvalue weighted by atomic mass is 16.5. The lowest BCUT2D eigenvalue weighted by molar-refractivity contribution is -0.293. The van der Waals surface area contributed by atoms with Crippen LogP contribution in [-0.4, -0.2) is 74.9 Å².